The number of hydrogen-bond acceptors (Lipinski definition) is 3. The maximum absolute atomic E-state index is 6.44. The molecule has 0 bridgehead atoms. The lowest BCUT2D eigenvalue weighted by molar-refractivity contribution is 0.301. The Bertz CT molecular complexity index is 324. The summed E-state index contributed by atoms with van der Waals surface area (Å²) in [4.78, 5) is 5.89. The summed E-state index contributed by atoms with van der Waals surface area (Å²) < 4.78 is 0. The van der Waals surface area contributed by atoms with E-state index < -0.39 is 0 Å². The van der Waals surface area contributed by atoms with Crippen molar-refractivity contribution in [3.05, 3.63) is 16.1 Å². The third-order valence-electron chi connectivity index (χ3n) is 3.26. The number of nitrogens with two attached hydrogens (primary N) is 1. The molecular formula is C12H20N2S. The molecule has 1 aromatic heterocycles. The van der Waals surface area contributed by atoms with E-state index in [1.54, 1.807) is 0 Å². The lowest BCUT2D eigenvalue weighted by Crippen LogP contribution is -2.38. The SMILES string of the molecule is CC(C)c1cnc(C2(N)CCCCC2)s1. The van der Waals surface area contributed by atoms with E-state index in [-0.39, 0.29) is 5.54 Å². The molecule has 0 aromatic carbocycles. The minimum Gasteiger partial charge on any atom is -0.319 e. The lowest BCUT2D eigenvalue weighted by atomic mass is 9.83. The molecular weight excluding hydrogens is 204 g/mol. The predicted octanol–water partition coefficient (Wildman–Crippen LogP) is 3.38. The van der Waals surface area contributed by atoms with Crippen LogP contribution in [0.3, 0.4) is 0 Å². The molecule has 0 saturated heterocycles. The molecule has 3 heteroatoms. The second-order valence-electron chi connectivity index (χ2n) is 4.94. The van der Waals surface area contributed by atoms with Crippen LogP contribution in [0.5, 0.6) is 0 Å². The maximum Gasteiger partial charge on any atom is 0.113 e. The van der Waals surface area contributed by atoms with E-state index in [0.717, 1.165) is 17.8 Å². The van der Waals surface area contributed by atoms with Crippen LogP contribution in [0.25, 0.3) is 0 Å². The summed E-state index contributed by atoms with van der Waals surface area (Å²) >= 11 is 1.81. The number of hydrogen-bond donors (Lipinski definition) is 1. The Morgan fingerprint density at radius 1 is 1.33 bits per heavy atom. The van der Waals surface area contributed by atoms with E-state index in [0.29, 0.717) is 5.92 Å². The van der Waals surface area contributed by atoms with Crippen molar-refractivity contribution < 1.29 is 0 Å². The largest absolute Gasteiger partial charge is 0.319 e. The van der Waals surface area contributed by atoms with Crippen LogP contribution in [0.15, 0.2) is 6.20 Å². The number of nitrogens with zero attached hydrogens (tertiary/aromatic N) is 1. The van der Waals surface area contributed by atoms with Crippen LogP contribution in [0.1, 0.15) is 61.8 Å². The fourth-order valence-electron chi connectivity index (χ4n) is 2.18. The van der Waals surface area contributed by atoms with Crippen LogP contribution in [0.2, 0.25) is 0 Å². The Morgan fingerprint density at radius 3 is 2.53 bits per heavy atom. The molecule has 0 radical (unpaired) electrons. The Kier molecular flexibility index (Phi) is 3.12. The minimum atomic E-state index is -0.115. The van der Waals surface area contributed by atoms with Gasteiger partial charge in [-0.1, -0.05) is 33.1 Å². The summed E-state index contributed by atoms with van der Waals surface area (Å²) in [6, 6.07) is 0. The third-order valence-corrected chi connectivity index (χ3v) is 4.78. The highest BCUT2D eigenvalue weighted by molar-refractivity contribution is 7.11. The quantitative estimate of drug-likeness (QED) is 0.836. The van der Waals surface area contributed by atoms with Crippen molar-refractivity contribution in [2.24, 2.45) is 5.73 Å². The molecule has 1 aromatic rings. The van der Waals surface area contributed by atoms with Gasteiger partial charge in [-0.05, 0) is 18.8 Å². The summed E-state index contributed by atoms with van der Waals surface area (Å²) in [7, 11) is 0. The summed E-state index contributed by atoms with van der Waals surface area (Å²) in [6.07, 6.45) is 8.07. The molecule has 1 saturated carbocycles. The molecule has 0 aliphatic heterocycles. The lowest BCUT2D eigenvalue weighted by Gasteiger charge is -2.31. The van der Waals surface area contributed by atoms with E-state index in [4.69, 9.17) is 5.73 Å². The first-order valence-electron chi connectivity index (χ1n) is 5.87. The molecule has 15 heavy (non-hydrogen) atoms. The summed E-state index contributed by atoms with van der Waals surface area (Å²) in [5.74, 6) is 0.573. The van der Waals surface area contributed by atoms with E-state index >= 15 is 0 Å². The van der Waals surface area contributed by atoms with E-state index in [1.807, 2.05) is 17.5 Å². The van der Waals surface area contributed by atoms with Crippen LogP contribution in [-0.4, -0.2) is 4.98 Å². The molecule has 0 atom stereocenters. The standard InChI is InChI=1S/C12H20N2S/c1-9(2)10-8-14-11(15-10)12(13)6-4-3-5-7-12/h8-9H,3-7,13H2,1-2H3. The average molecular weight is 224 g/mol. The van der Waals surface area contributed by atoms with Gasteiger partial charge < -0.3 is 5.73 Å². The van der Waals surface area contributed by atoms with Gasteiger partial charge in [-0.15, -0.1) is 11.3 Å². The first-order chi connectivity index (χ1) is 7.12. The fraction of sp³-hybridized carbons (Fsp3) is 0.750. The molecule has 1 fully saturated rings. The zero-order chi connectivity index (χ0) is 10.9. The summed E-state index contributed by atoms with van der Waals surface area (Å²) in [5, 5.41) is 1.16. The Morgan fingerprint density at radius 2 is 2.00 bits per heavy atom. The fourth-order valence-corrected chi connectivity index (χ4v) is 3.26. The highest BCUT2D eigenvalue weighted by Crippen LogP contribution is 2.37. The molecule has 1 aliphatic rings. The smallest absolute Gasteiger partial charge is 0.113 e. The Labute approximate surface area is 95.9 Å². The Hall–Kier alpha value is -0.410. The van der Waals surface area contributed by atoms with Crippen molar-refractivity contribution in [3.8, 4) is 0 Å². The monoisotopic (exact) mass is 224 g/mol. The molecule has 84 valence electrons. The summed E-state index contributed by atoms with van der Waals surface area (Å²) in [5.41, 5.74) is 6.33. The zero-order valence-corrected chi connectivity index (χ0v) is 10.4. The van der Waals surface area contributed by atoms with Crippen LogP contribution in [-0.2, 0) is 5.54 Å². The third kappa shape index (κ3) is 2.23. The van der Waals surface area contributed by atoms with E-state index in [2.05, 4.69) is 18.8 Å². The van der Waals surface area contributed by atoms with Gasteiger partial charge in [0.15, 0.2) is 0 Å². The summed E-state index contributed by atoms with van der Waals surface area (Å²) in [6.45, 7) is 4.42. The maximum atomic E-state index is 6.44. The molecule has 0 unspecified atom stereocenters. The Balaban J connectivity index is 2.20. The van der Waals surface area contributed by atoms with Crippen molar-refractivity contribution in [2.45, 2.75) is 57.4 Å². The van der Waals surface area contributed by atoms with Crippen molar-refractivity contribution in [1.29, 1.82) is 0 Å². The molecule has 0 spiro atoms. The van der Waals surface area contributed by atoms with Crippen molar-refractivity contribution in [3.63, 3.8) is 0 Å². The van der Waals surface area contributed by atoms with E-state index in [1.165, 1.54) is 24.1 Å². The average Bonchev–Trinajstić information content (AvgIpc) is 2.68. The first-order valence-corrected chi connectivity index (χ1v) is 6.68. The number of rotatable bonds is 2. The van der Waals surface area contributed by atoms with Gasteiger partial charge in [0.05, 0.1) is 5.54 Å². The molecule has 1 heterocycles. The second kappa shape index (κ2) is 4.22. The zero-order valence-electron chi connectivity index (χ0n) is 9.62. The highest BCUT2D eigenvalue weighted by Gasteiger charge is 2.32. The highest BCUT2D eigenvalue weighted by atomic mass is 32.1. The molecule has 2 rings (SSSR count). The first kappa shape index (κ1) is 11.1. The van der Waals surface area contributed by atoms with E-state index in [9.17, 15) is 0 Å². The van der Waals surface area contributed by atoms with Crippen LogP contribution in [0.4, 0.5) is 0 Å². The van der Waals surface area contributed by atoms with Gasteiger partial charge in [-0.3, -0.25) is 0 Å². The molecule has 1 aliphatic carbocycles. The normalized spacial score (nSPS) is 20.8. The number of thiazole rings is 1. The van der Waals surface area contributed by atoms with Gasteiger partial charge >= 0.3 is 0 Å². The minimum absolute atomic E-state index is 0.115. The van der Waals surface area contributed by atoms with Gasteiger partial charge in [0.25, 0.3) is 0 Å². The van der Waals surface area contributed by atoms with Gasteiger partial charge in [0, 0.05) is 11.1 Å². The number of aromatic nitrogens is 1. The van der Waals surface area contributed by atoms with Crippen molar-refractivity contribution in [2.75, 3.05) is 0 Å². The van der Waals surface area contributed by atoms with Crippen molar-refractivity contribution >= 4 is 11.3 Å². The molecule has 2 nitrogen and oxygen atoms in total. The molecule has 0 amide bonds. The van der Waals surface area contributed by atoms with Crippen LogP contribution in [0, 0.1) is 0 Å². The van der Waals surface area contributed by atoms with Crippen LogP contribution < -0.4 is 5.73 Å². The predicted molar refractivity (Wildman–Crippen MR) is 65.2 cm³/mol. The van der Waals surface area contributed by atoms with Gasteiger partial charge in [0.2, 0.25) is 0 Å². The second-order valence-corrected chi connectivity index (χ2v) is 6.00. The van der Waals surface area contributed by atoms with Gasteiger partial charge in [-0.25, -0.2) is 4.98 Å². The molecule has 2 N–H and O–H groups in total. The van der Waals surface area contributed by atoms with Crippen molar-refractivity contribution in [1.82, 2.24) is 4.98 Å². The van der Waals surface area contributed by atoms with Crippen LogP contribution >= 0.6 is 11.3 Å². The van der Waals surface area contributed by atoms with Gasteiger partial charge in [-0.2, -0.15) is 0 Å². The van der Waals surface area contributed by atoms with Gasteiger partial charge in [0.1, 0.15) is 5.01 Å². The topological polar surface area (TPSA) is 38.9 Å².